The van der Waals surface area contributed by atoms with E-state index >= 15 is 0 Å². The van der Waals surface area contributed by atoms with E-state index in [1.54, 1.807) is 30.3 Å². The summed E-state index contributed by atoms with van der Waals surface area (Å²) in [5.74, 6) is 0.784. The molecule has 0 saturated heterocycles. The second-order valence-corrected chi connectivity index (χ2v) is 5.56. The molecule has 0 bridgehead atoms. The highest BCUT2D eigenvalue weighted by atomic mass is 32.2. The van der Waals surface area contributed by atoms with Crippen LogP contribution in [-0.4, -0.2) is 28.3 Å². The Morgan fingerprint density at radius 3 is 3.14 bits per heavy atom. The summed E-state index contributed by atoms with van der Waals surface area (Å²) in [7, 11) is 1.88. The lowest BCUT2D eigenvalue weighted by molar-refractivity contribution is 0.516. The highest BCUT2D eigenvalue weighted by molar-refractivity contribution is 7.99. The van der Waals surface area contributed by atoms with E-state index in [0.29, 0.717) is 6.54 Å². The quantitative estimate of drug-likeness (QED) is 0.455. The van der Waals surface area contributed by atoms with Crippen molar-refractivity contribution in [1.29, 1.82) is 5.26 Å². The minimum absolute atomic E-state index is 0.679. The van der Waals surface area contributed by atoms with Crippen LogP contribution in [0.25, 0.3) is 0 Å². The van der Waals surface area contributed by atoms with Crippen LogP contribution in [0.5, 0.6) is 0 Å². The van der Waals surface area contributed by atoms with Crippen LogP contribution < -0.4 is 5.32 Å². The average Bonchev–Trinajstić information content (AvgIpc) is 2.51. The first-order valence-electron chi connectivity index (χ1n) is 6.27. The summed E-state index contributed by atoms with van der Waals surface area (Å²) < 4.78 is 0. The van der Waals surface area contributed by atoms with E-state index in [1.165, 1.54) is 6.34 Å². The van der Waals surface area contributed by atoms with Gasteiger partial charge >= 0.3 is 0 Å². The molecule has 1 aliphatic rings. The molecule has 0 aliphatic carbocycles. The van der Waals surface area contributed by atoms with Crippen molar-refractivity contribution < 1.29 is 0 Å². The van der Waals surface area contributed by atoms with Crippen molar-refractivity contribution in [1.82, 2.24) is 14.9 Å². The molecule has 1 aliphatic heterocycles. The monoisotopic (exact) mass is 296 g/mol. The zero-order chi connectivity index (χ0) is 14.7. The minimum atomic E-state index is 0.679. The van der Waals surface area contributed by atoms with Gasteiger partial charge in [-0.1, -0.05) is 17.8 Å². The highest BCUT2D eigenvalue weighted by Crippen LogP contribution is 2.41. The molecule has 0 fully saturated rings. The van der Waals surface area contributed by atoms with Crippen LogP contribution in [0, 0.1) is 11.5 Å². The fourth-order valence-corrected chi connectivity index (χ4v) is 2.91. The Morgan fingerprint density at radius 2 is 2.29 bits per heavy atom. The average molecular weight is 296 g/mol. The molecule has 0 spiro atoms. The second-order valence-electron chi connectivity index (χ2n) is 4.53. The van der Waals surface area contributed by atoms with Gasteiger partial charge in [0.15, 0.2) is 5.82 Å². The van der Waals surface area contributed by atoms with Gasteiger partial charge in [0.2, 0.25) is 6.19 Å². The van der Waals surface area contributed by atoms with E-state index in [4.69, 9.17) is 5.26 Å². The van der Waals surface area contributed by atoms with Gasteiger partial charge in [0.25, 0.3) is 0 Å². The Balaban J connectivity index is 1.81. The van der Waals surface area contributed by atoms with Crippen molar-refractivity contribution >= 4 is 29.6 Å². The van der Waals surface area contributed by atoms with Gasteiger partial charge in [-0.2, -0.15) is 10.3 Å². The maximum absolute atomic E-state index is 8.43. The maximum atomic E-state index is 8.43. The molecule has 7 heteroatoms. The lowest BCUT2D eigenvalue weighted by Crippen LogP contribution is -2.15. The number of aromatic nitrogens is 2. The van der Waals surface area contributed by atoms with Crippen LogP contribution in [-0.2, 0) is 6.54 Å². The number of hydrogen-bond donors (Lipinski definition) is 1. The number of rotatable bonds is 3. The predicted octanol–water partition coefficient (Wildman–Crippen LogP) is 2.63. The molecule has 1 N–H and O–H groups in total. The van der Waals surface area contributed by atoms with E-state index in [1.807, 2.05) is 11.9 Å². The van der Waals surface area contributed by atoms with Crippen LogP contribution in [0.15, 0.2) is 45.5 Å². The van der Waals surface area contributed by atoms with Gasteiger partial charge in [-0.05, 0) is 17.7 Å². The SMILES string of the molecule is CN(C=NC#N)Cc1ccc2c(c1)Nc1nccnc1S2. The van der Waals surface area contributed by atoms with Gasteiger partial charge in [-0.3, -0.25) is 0 Å². The number of anilines is 2. The summed E-state index contributed by atoms with van der Waals surface area (Å²) in [6.07, 6.45) is 6.62. The number of benzene rings is 1. The summed E-state index contributed by atoms with van der Waals surface area (Å²) in [5.41, 5.74) is 2.15. The molecule has 3 rings (SSSR count). The number of aliphatic imine (C=N–C) groups is 1. The van der Waals surface area contributed by atoms with Crippen LogP contribution >= 0.6 is 11.8 Å². The summed E-state index contributed by atoms with van der Waals surface area (Å²) in [6, 6.07) is 6.21. The normalized spacial score (nSPS) is 12.2. The predicted molar refractivity (Wildman–Crippen MR) is 81.5 cm³/mol. The molecule has 6 nitrogen and oxygen atoms in total. The first-order valence-corrected chi connectivity index (χ1v) is 7.09. The molecule has 21 heavy (non-hydrogen) atoms. The zero-order valence-electron chi connectivity index (χ0n) is 11.3. The van der Waals surface area contributed by atoms with Gasteiger partial charge in [-0.25, -0.2) is 9.97 Å². The second kappa shape index (κ2) is 5.81. The number of fused-ring (bicyclic) bond motifs is 2. The third-order valence-electron chi connectivity index (χ3n) is 2.91. The van der Waals surface area contributed by atoms with Crippen molar-refractivity contribution in [2.75, 3.05) is 12.4 Å². The minimum Gasteiger partial charge on any atom is -0.361 e. The van der Waals surface area contributed by atoms with E-state index < -0.39 is 0 Å². The first kappa shape index (κ1) is 13.4. The number of hydrogen-bond acceptors (Lipinski definition) is 6. The third kappa shape index (κ3) is 2.95. The Labute approximate surface area is 126 Å². The van der Waals surface area contributed by atoms with Crippen molar-refractivity contribution in [2.45, 2.75) is 16.5 Å². The number of nitrogens with one attached hydrogen (secondary N) is 1. The van der Waals surface area contributed by atoms with Crippen molar-refractivity contribution in [2.24, 2.45) is 4.99 Å². The molecule has 2 heterocycles. The van der Waals surface area contributed by atoms with Crippen LogP contribution in [0.3, 0.4) is 0 Å². The summed E-state index contributed by atoms with van der Waals surface area (Å²) in [4.78, 5) is 15.1. The molecule has 0 atom stereocenters. The van der Waals surface area contributed by atoms with Crippen LogP contribution in [0.4, 0.5) is 11.5 Å². The molecule has 1 aromatic carbocycles. The Hall–Kier alpha value is -2.59. The fourth-order valence-electron chi connectivity index (χ4n) is 2.03. The maximum Gasteiger partial charge on any atom is 0.207 e. The Kier molecular flexibility index (Phi) is 3.71. The Bertz CT molecular complexity index is 736. The fraction of sp³-hybridized carbons (Fsp3) is 0.143. The summed E-state index contributed by atoms with van der Waals surface area (Å²) in [5, 5.41) is 12.6. The topological polar surface area (TPSA) is 77.2 Å². The van der Waals surface area contributed by atoms with E-state index in [2.05, 4.69) is 38.5 Å². The summed E-state index contributed by atoms with van der Waals surface area (Å²) in [6.45, 7) is 0.679. The molecular weight excluding hydrogens is 284 g/mol. The smallest absolute Gasteiger partial charge is 0.207 e. The summed E-state index contributed by atoms with van der Waals surface area (Å²) >= 11 is 1.60. The van der Waals surface area contributed by atoms with Crippen molar-refractivity contribution in [3.05, 3.63) is 36.2 Å². The molecule has 0 radical (unpaired) electrons. The van der Waals surface area contributed by atoms with E-state index in [0.717, 1.165) is 27.0 Å². The molecule has 0 amide bonds. The highest BCUT2D eigenvalue weighted by Gasteiger charge is 2.17. The van der Waals surface area contributed by atoms with Gasteiger partial charge in [-0.15, -0.1) is 0 Å². The molecule has 2 aromatic rings. The van der Waals surface area contributed by atoms with E-state index in [9.17, 15) is 0 Å². The lowest BCUT2D eigenvalue weighted by atomic mass is 10.2. The lowest BCUT2D eigenvalue weighted by Gasteiger charge is -2.20. The molecule has 0 unspecified atom stereocenters. The number of nitrogens with zero attached hydrogens (tertiary/aromatic N) is 5. The van der Waals surface area contributed by atoms with Gasteiger partial charge in [0.05, 0.1) is 5.69 Å². The van der Waals surface area contributed by atoms with Crippen molar-refractivity contribution in [3.8, 4) is 6.19 Å². The van der Waals surface area contributed by atoms with E-state index in [-0.39, 0.29) is 0 Å². The standard InChI is InChI=1S/C14H12N6S/c1-20(9-16-8-15)7-10-2-3-12-11(6-10)19-13-14(21-12)18-5-4-17-13/h2-6,9H,7H2,1H3,(H,17,19). The Morgan fingerprint density at radius 1 is 1.43 bits per heavy atom. The third-order valence-corrected chi connectivity index (χ3v) is 3.98. The first-order chi connectivity index (χ1) is 10.3. The van der Waals surface area contributed by atoms with Gasteiger partial charge in [0, 0.05) is 30.9 Å². The van der Waals surface area contributed by atoms with Crippen LogP contribution in [0.2, 0.25) is 0 Å². The molecule has 1 aromatic heterocycles. The van der Waals surface area contributed by atoms with Gasteiger partial charge in [0.1, 0.15) is 11.4 Å². The van der Waals surface area contributed by atoms with Crippen LogP contribution in [0.1, 0.15) is 5.56 Å². The molecular formula is C14H12N6S. The molecule has 104 valence electrons. The van der Waals surface area contributed by atoms with Crippen molar-refractivity contribution in [3.63, 3.8) is 0 Å². The van der Waals surface area contributed by atoms with Gasteiger partial charge < -0.3 is 10.2 Å². The largest absolute Gasteiger partial charge is 0.361 e. The zero-order valence-corrected chi connectivity index (χ0v) is 12.1. The number of nitriles is 1. The molecule has 0 saturated carbocycles.